The molecule has 0 saturated heterocycles. The molecule has 0 bridgehead atoms. The molecule has 2 aromatic carbocycles. The van der Waals surface area contributed by atoms with Crippen LogP contribution in [0.25, 0.3) is 22.1 Å². The molecule has 0 saturated carbocycles. The van der Waals surface area contributed by atoms with Crippen molar-refractivity contribution in [3.63, 3.8) is 0 Å². The van der Waals surface area contributed by atoms with E-state index in [1.165, 1.54) is 4.88 Å². The third-order valence-electron chi connectivity index (χ3n) is 4.34. The molecule has 0 atom stereocenters. The molecule has 1 aliphatic heterocycles. The van der Waals surface area contributed by atoms with E-state index >= 15 is 0 Å². The number of amides is 1. The number of carbonyl (C=O) groups is 1. The Bertz CT molecular complexity index is 1030. The molecule has 1 aliphatic rings. The number of rotatable bonds is 2. The molecule has 3 nitrogen and oxygen atoms in total. The highest BCUT2D eigenvalue weighted by Crippen LogP contribution is 2.41. The highest BCUT2D eigenvalue weighted by atomic mass is 79.9. The maximum atomic E-state index is 12.8. The van der Waals surface area contributed by atoms with Gasteiger partial charge in [0, 0.05) is 23.1 Å². The smallest absolute Gasteiger partial charge is 0.258 e. The van der Waals surface area contributed by atoms with Crippen LogP contribution in [0.3, 0.4) is 0 Å². The van der Waals surface area contributed by atoms with Gasteiger partial charge >= 0.3 is 0 Å². The first-order chi connectivity index (χ1) is 12.5. The standard InChI is InChI=1S/C20H13Br2NO2S/c1-23-17-5-4-12(18-3-2-6-26-18)10-13(17)14(20(23)25)7-11-8-15(21)19(24)16(22)9-11/h2-10,24H,1H3/b14-7-. The Labute approximate surface area is 171 Å². The Balaban J connectivity index is 1.86. The van der Waals surface area contributed by atoms with Gasteiger partial charge in [-0.05, 0) is 84.8 Å². The van der Waals surface area contributed by atoms with E-state index in [1.807, 2.05) is 29.7 Å². The minimum atomic E-state index is -0.0383. The fourth-order valence-electron chi connectivity index (χ4n) is 3.02. The molecule has 0 aliphatic carbocycles. The number of thiophene rings is 1. The van der Waals surface area contributed by atoms with E-state index in [9.17, 15) is 9.90 Å². The summed E-state index contributed by atoms with van der Waals surface area (Å²) >= 11 is 8.35. The average molecular weight is 491 g/mol. The summed E-state index contributed by atoms with van der Waals surface area (Å²) in [5, 5.41) is 11.9. The quantitative estimate of drug-likeness (QED) is 0.437. The maximum Gasteiger partial charge on any atom is 0.258 e. The number of anilines is 1. The normalized spacial score (nSPS) is 15.0. The number of benzene rings is 2. The zero-order chi connectivity index (χ0) is 18.4. The van der Waals surface area contributed by atoms with Crippen LogP contribution < -0.4 is 4.90 Å². The summed E-state index contributed by atoms with van der Waals surface area (Å²) < 4.78 is 1.15. The van der Waals surface area contributed by atoms with Gasteiger partial charge in [-0.15, -0.1) is 11.3 Å². The molecule has 130 valence electrons. The van der Waals surface area contributed by atoms with Crippen molar-refractivity contribution in [2.45, 2.75) is 0 Å². The van der Waals surface area contributed by atoms with Gasteiger partial charge in [0.15, 0.2) is 0 Å². The van der Waals surface area contributed by atoms with E-state index in [-0.39, 0.29) is 11.7 Å². The number of phenols is 1. The lowest BCUT2D eigenvalue weighted by molar-refractivity contribution is -0.112. The summed E-state index contributed by atoms with van der Waals surface area (Å²) in [4.78, 5) is 15.6. The van der Waals surface area contributed by atoms with Crippen molar-refractivity contribution in [1.29, 1.82) is 0 Å². The summed E-state index contributed by atoms with van der Waals surface area (Å²) in [5.74, 6) is 0.103. The summed E-state index contributed by atoms with van der Waals surface area (Å²) in [6, 6.07) is 13.8. The molecule has 0 radical (unpaired) electrons. The SMILES string of the molecule is CN1C(=O)/C(=C\c2cc(Br)c(O)c(Br)c2)c2cc(-c3cccs3)ccc21. The number of likely N-dealkylation sites (N-methyl/N-ethyl adjacent to an activating group) is 1. The fraction of sp³-hybridized carbons (Fsp3) is 0.0500. The summed E-state index contributed by atoms with van der Waals surface area (Å²) in [6.45, 7) is 0. The molecule has 4 rings (SSSR count). The number of phenolic OH excluding ortho intramolecular Hbond substituents is 1. The first-order valence-electron chi connectivity index (χ1n) is 7.82. The second kappa shape index (κ2) is 6.68. The molecule has 0 unspecified atom stereocenters. The van der Waals surface area contributed by atoms with Gasteiger partial charge in [-0.25, -0.2) is 0 Å². The molecule has 6 heteroatoms. The zero-order valence-electron chi connectivity index (χ0n) is 13.7. The van der Waals surface area contributed by atoms with Crippen LogP contribution in [-0.2, 0) is 4.79 Å². The molecule has 1 aromatic heterocycles. The lowest BCUT2D eigenvalue weighted by atomic mass is 10.0. The van der Waals surface area contributed by atoms with E-state index < -0.39 is 0 Å². The second-order valence-electron chi connectivity index (χ2n) is 5.96. The van der Waals surface area contributed by atoms with Gasteiger partial charge in [0.25, 0.3) is 5.91 Å². The van der Waals surface area contributed by atoms with Crippen LogP contribution in [-0.4, -0.2) is 18.1 Å². The lowest BCUT2D eigenvalue weighted by Gasteiger charge is -2.09. The van der Waals surface area contributed by atoms with Crippen molar-refractivity contribution in [2.24, 2.45) is 0 Å². The van der Waals surface area contributed by atoms with Crippen molar-refractivity contribution in [2.75, 3.05) is 11.9 Å². The first kappa shape index (κ1) is 17.5. The second-order valence-corrected chi connectivity index (χ2v) is 8.62. The minimum Gasteiger partial charge on any atom is -0.506 e. The number of hydrogen-bond donors (Lipinski definition) is 1. The minimum absolute atomic E-state index is 0.0383. The lowest BCUT2D eigenvalue weighted by Crippen LogP contribution is -2.20. The Morgan fingerprint density at radius 3 is 2.50 bits per heavy atom. The van der Waals surface area contributed by atoms with Gasteiger partial charge in [0.05, 0.1) is 14.6 Å². The van der Waals surface area contributed by atoms with Crippen LogP contribution in [0, 0.1) is 0 Å². The molecular weight excluding hydrogens is 478 g/mol. The Morgan fingerprint density at radius 2 is 1.85 bits per heavy atom. The molecular formula is C20H13Br2NO2S. The topological polar surface area (TPSA) is 40.5 Å². The number of nitrogens with zero attached hydrogens (tertiary/aromatic N) is 1. The zero-order valence-corrected chi connectivity index (χ0v) is 17.7. The number of halogens is 2. The monoisotopic (exact) mass is 489 g/mol. The van der Waals surface area contributed by atoms with E-state index in [2.05, 4.69) is 44.0 Å². The number of hydrogen-bond acceptors (Lipinski definition) is 3. The van der Waals surface area contributed by atoms with Gasteiger partial charge < -0.3 is 10.0 Å². The van der Waals surface area contributed by atoms with Crippen molar-refractivity contribution in [3.05, 3.63) is 67.9 Å². The number of aromatic hydroxyl groups is 1. The van der Waals surface area contributed by atoms with Crippen LogP contribution in [0.15, 0.2) is 56.8 Å². The summed E-state index contributed by atoms with van der Waals surface area (Å²) in [6.07, 6.45) is 1.86. The van der Waals surface area contributed by atoms with Gasteiger partial charge in [-0.3, -0.25) is 4.79 Å². The summed E-state index contributed by atoms with van der Waals surface area (Å²) in [5.41, 5.74) is 4.39. The van der Waals surface area contributed by atoms with Gasteiger partial charge in [0.2, 0.25) is 0 Å². The van der Waals surface area contributed by atoms with Gasteiger partial charge in [-0.1, -0.05) is 12.1 Å². The predicted molar refractivity (Wildman–Crippen MR) is 115 cm³/mol. The van der Waals surface area contributed by atoms with E-state index in [4.69, 9.17) is 0 Å². The molecule has 1 amide bonds. The van der Waals surface area contributed by atoms with Crippen LogP contribution >= 0.6 is 43.2 Å². The molecule has 1 N–H and O–H groups in total. The first-order valence-corrected chi connectivity index (χ1v) is 10.3. The van der Waals surface area contributed by atoms with Crippen LogP contribution in [0.1, 0.15) is 11.1 Å². The van der Waals surface area contributed by atoms with Crippen LogP contribution in [0.5, 0.6) is 5.75 Å². The molecule has 26 heavy (non-hydrogen) atoms. The van der Waals surface area contributed by atoms with Crippen LogP contribution in [0.4, 0.5) is 5.69 Å². The van der Waals surface area contributed by atoms with Crippen LogP contribution in [0.2, 0.25) is 0 Å². The highest BCUT2D eigenvalue weighted by molar-refractivity contribution is 9.11. The van der Waals surface area contributed by atoms with Crippen molar-refractivity contribution in [1.82, 2.24) is 0 Å². The fourth-order valence-corrected chi connectivity index (χ4v) is 4.97. The van der Waals surface area contributed by atoms with Crippen molar-refractivity contribution < 1.29 is 9.90 Å². The maximum absolute atomic E-state index is 12.8. The van der Waals surface area contributed by atoms with Crippen molar-refractivity contribution >= 4 is 66.4 Å². The molecule has 3 aromatic rings. The third-order valence-corrected chi connectivity index (χ3v) is 6.47. The van der Waals surface area contributed by atoms with Crippen molar-refractivity contribution in [3.8, 4) is 16.2 Å². The Morgan fingerprint density at radius 1 is 1.12 bits per heavy atom. The van der Waals surface area contributed by atoms with Gasteiger partial charge in [0.1, 0.15) is 5.75 Å². The van der Waals surface area contributed by atoms with E-state index in [0.717, 1.165) is 22.4 Å². The Hall–Kier alpha value is -1.89. The third kappa shape index (κ3) is 2.92. The molecule has 0 spiro atoms. The molecule has 0 fully saturated rings. The Kier molecular flexibility index (Phi) is 4.50. The number of carbonyl (C=O) groups excluding carboxylic acids is 1. The largest absolute Gasteiger partial charge is 0.506 e. The van der Waals surface area contributed by atoms with E-state index in [1.54, 1.807) is 35.4 Å². The summed E-state index contributed by atoms with van der Waals surface area (Å²) in [7, 11) is 1.79. The number of fused-ring (bicyclic) bond motifs is 1. The highest BCUT2D eigenvalue weighted by Gasteiger charge is 2.30. The average Bonchev–Trinajstić information content (AvgIpc) is 3.23. The molecule has 2 heterocycles. The van der Waals surface area contributed by atoms with Gasteiger partial charge in [-0.2, -0.15) is 0 Å². The van der Waals surface area contributed by atoms with E-state index in [0.29, 0.717) is 14.5 Å². The predicted octanol–water partition coefficient (Wildman–Crippen LogP) is 6.16.